The lowest BCUT2D eigenvalue weighted by atomic mass is 10.1. The molecule has 0 saturated carbocycles. The first-order chi connectivity index (χ1) is 10.0. The average Bonchev–Trinajstić information content (AvgIpc) is 2.40. The van der Waals surface area contributed by atoms with Crippen molar-refractivity contribution in [1.82, 2.24) is 0 Å². The Morgan fingerprint density at radius 1 is 1.05 bits per heavy atom. The van der Waals surface area contributed by atoms with E-state index in [4.69, 9.17) is 5.73 Å². The van der Waals surface area contributed by atoms with Crippen molar-refractivity contribution in [3.63, 3.8) is 0 Å². The van der Waals surface area contributed by atoms with E-state index in [2.05, 4.69) is 5.32 Å². The second-order valence-electron chi connectivity index (χ2n) is 4.43. The van der Waals surface area contributed by atoms with Crippen LogP contribution in [0, 0.1) is 17.5 Å². The van der Waals surface area contributed by atoms with Gasteiger partial charge in [0, 0.05) is 17.8 Å². The van der Waals surface area contributed by atoms with Crippen molar-refractivity contribution in [2.45, 2.75) is 6.42 Å². The van der Waals surface area contributed by atoms with E-state index in [1.807, 2.05) is 0 Å². The molecule has 2 rings (SSSR count). The molecule has 0 atom stereocenters. The largest absolute Gasteiger partial charge is 0.330 e. The van der Waals surface area contributed by atoms with Crippen molar-refractivity contribution in [3.05, 3.63) is 65.0 Å². The van der Waals surface area contributed by atoms with Crippen molar-refractivity contribution < 1.29 is 18.0 Å². The van der Waals surface area contributed by atoms with Gasteiger partial charge in [-0.15, -0.1) is 0 Å². The summed E-state index contributed by atoms with van der Waals surface area (Å²) < 4.78 is 39.7. The van der Waals surface area contributed by atoms with Gasteiger partial charge in [-0.1, -0.05) is 12.1 Å². The van der Waals surface area contributed by atoms with Crippen molar-refractivity contribution >= 4 is 11.6 Å². The predicted molar refractivity (Wildman–Crippen MR) is 73.5 cm³/mol. The first-order valence-electron chi connectivity index (χ1n) is 6.26. The summed E-state index contributed by atoms with van der Waals surface area (Å²) in [7, 11) is 0. The van der Waals surface area contributed by atoms with Gasteiger partial charge < -0.3 is 11.1 Å². The maximum Gasteiger partial charge on any atom is 0.261 e. The molecular weight excluding hydrogens is 281 g/mol. The van der Waals surface area contributed by atoms with Crippen LogP contribution in [0.3, 0.4) is 0 Å². The van der Waals surface area contributed by atoms with E-state index in [1.54, 1.807) is 24.3 Å². The van der Waals surface area contributed by atoms with Crippen molar-refractivity contribution in [1.29, 1.82) is 0 Å². The molecule has 1 amide bonds. The Morgan fingerprint density at radius 2 is 1.62 bits per heavy atom. The summed E-state index contributed by atoms with van der Waals surface area (Å²) in [4.78, 5) is 11.8. The highest BCUT2D eigenvalue weighted by Gasteiger charge is 2.19. The number of carbonyl (C=O) groups is 1. The number of hydrogen-bond donors (Lipinski definition) is 2. The van der Waals surface area contributed by atoms with Crippen molar-refractivity contribution in [2.24, 2.45) is 5.73 Å². The van der Waals surface area contributed by atoms with E-state index >= 15 is 0 Å². The molecule has 0 unspecified atom stereocenters. The second kappa shape index (κ2) is 6.41. The molecule has 0 spiro atoms. The Hall–Kier alpha value is -2.34. The third kappa shape index (κ3) is 3.61. The molecule has 21 heavy (non-hydrogen) atoms. The van der Waals surface area contributed by atoms with Gasteiger partial charge in [0.2, 0.25) is 0 Å². The summed E-state index contributed by atoms with van der Waals surface area (Å²) in [5, 5.41) is 2.36. The van der Waals surface area contributed by atoms with E-state index in [9.17, 15) is 18.0 Å². The molecule has 2 aromatic rings. The zero-order valence-electron chi connectivity index (χ0n) is 11.0. The Morgan fingerprint density at radius 3 is 2.14 bits per heavy atom. The van der Waals surface area contributed by atoms with Crippen molar-refractivity contribution in [2.75, 3.05) is 11.9 Å². The normalized spacial score (nSPS) is 10.5. The minimum atomic E-state index is -1.25. The monoisotopic (exact) mass is 294 g/mol. The maximum atomic E-state index is 13.5. The number of benzene rings is 2. The Balaban J connectivity index is 2.18. The lowest BCUT2D eigenvalue weighted by Gasteiger charge is -2.08. The number of amides is 1. The van der Waals surface area contributed by atoms with Gasteiger partial charge in [0.15, 0.2) is 0 Å². The standard InChI is InChI=1S/C15H13F3N2O/c16-10-7-12(17)14(13(18)8-10)15(21)20-11-3-1-9(2-4-11)5-6-19/h1-4,7-8H,5-6,19H2,(H,20,21). The molecule has 0 fully saturated rings. The van der Waals surface area contributed by atoms with Gasteiger partial charge in [-0.2, -0.15) is 0 Å². The smallest absolute Gasteiger partial charge is 0.261 e. The number of anilines is 1. The van der Waals surface area contributed by atoms with Gasteiger partial charge in [0.1, 0.15) is 23.0 Å². The molecule has 3 N–H and O–H groups in total. The summed E-state index contributed by atoms with van der Waals surface area (Å²) in [6, 6.07) is 7.62. The molecule has 0 saturated heterocycles. The lowest BCUT2D eigenvalue weighted by Crippen LogP contribution is -2.16. The Kier molecular flexibility index (Phi) is 4.59. The van der Waals surface area contributed by atoms with Gasteiger partial charge in [0.25, 0.3) is 5.91 Å². The second-order valence-corrected chi connectivity index (χ2v) is 4.43. The van der Waals surface area contributed by atoms with Crippen LogP contribution in [0.2, 0.25) is 0 Å². The minimum Gasteiger partial charge on any atom is -0.330 e. The third-order valence-electron chi connectivity index (χ3n) is 2.88. The topological polar surface area (TPSA) is 55.1 Å². The van der Waals surface area contributed by atoms with Crippen LogP contribution in [-0.2, 0) is 6.42 Å². The molecule has 3 nitrogen and oxygen atoms in total. The van der Waals surface area contributed by atoms with Gasteiger partial charge in [-0.3, -0.25) is 4.79 Å². The summed E-state index contributed by atoms with van der Waals surface area (Å²) in [5.74, 6) is -4.54. The van der Waals surface area contributed by atoms with Crippen LogP contribution in [-0.4, -0.2) is 12.5 Å². The van der Waals surface area contributed by atoms with E-state index in [0.29, 0.717) is 30.8 Å². The molecule has 0 aromatic heterocycles. The first-order valence-corrected chi connectivity index (χ1v) is 6.26. The van der Waals surface area contributed by atoms with E-state index < -0.39 is 28.9 Å². The van der Waals surface area contributed by atoms with Gasteiger partial charge in [0.05, 0.1) is 0 Å². The number of nitrogens with two attached hydrogens (primary N) is 1. The van der Waals surface area contributed by atoms with Crippen LogP contribution < -0.4 is 11.1 Å². The van der Waals surface area contributed by atoms with Crippen LogP contribution in [0.4, 0.5) is 18.9 Å². The third-order valence-corrected chi connectivity index (χ3v) is 2.88. The average molecular weight is 294 g/mol. The predicted octanol–water partition coefficient (Wildman–Crippen LogP) is 2.86. The lowest BCUT2D eigenvalue weighted by molar-refractivity contribution is 0.101. The molecule has 2 aromatic carbocycles. The zero-order chi connectivity index (χ0) is 15.4. The fourth-order valence-corrected chi connectivity index (χ4v) is 1.87. The van der Waals surface area contributed by atoms with Gasteiger partial charge >= 0.3 is 0 Å². The molecule has 0 aliphatic rings. The summed E-state index contributed by atoms with van der Waals surface area (Å²) in [5.41, 5.74) is 5.96. The quantitative estimate of drug-likeness (QED) is 0.911. The molecule has 0 bridgehead atoms. The minimum absolute atomic E-state index is 0.379. The molecule has 0 heterocycles. The summed E-state index contributed by atoms with van der Waals surface area (Å²) in [6.07, 6.45) is 0.690. The number of hydrogen-bond acceptors (Lipinski definition) is 2. The zero-order valence-corrected chi connectivity index (χ0v) is 11.0. The van der Waals surface area contributed by atoms with E-state index in [-0.39, 0.29) is 0 Å². The first kappa shape index (κ1) is 15.1. The van der Waals surface area contributed by atoms with Crippen LogP contribution in [0.1, 0.15) is 15.9 Å². The molecule has 6 heteroatoms. The highest BCUT2D eigenvalue weighted by atomic mass is 19.1. The Bertz CT molecular complexity index is 633. The molecular formula is C15H13F3N2O. The summed E-state index contributed by atoms with van der Waals surface area (Å²) >= 11 is 0. The molecule has 0 aliphatic heterocycles. The highest BCUT2D eigenvalue weighted by molar-refractivity contribution is 6.04. The molecule has 0 aliphatic carbocycles. The SMILES string of the molecule is NCCc1ccc(NC(=O)c2c(F)cc(F)cc2F)cc1. The number of nitrogens with one attached hydrogen (secondary N) is 1. The van der Waals surface area contributed by atoms with Crippen LogP contribution in [0.25, 0.3) is 0 Å². The molecule has 0 radical (unpaired) electrons. The maximum absolute atomic E-state index is 13.5. The fraction of sp³-hybridized carbons (Fsp3) is 0.133. The Labute approximate surface area is 119 Å². The summed E-state index contributed by atoms with van der Waals surface area (Å²) in [6.45, 7) is 0.498. The van der Waals surface area contributed by atoms with Crippen molar-refractivity contribution in [3.8, 4) is 0 Å². The van der Waals surface area contributed by atoms with E-state index in [0.717, 1.165) is 5.56 Å². The van der Waals surface area contributed by atoms with Crippen LogP contribution in [0.15, 0.2) is 36.4 Å². The van der Waals surface area contributed by atoms with Crippen LogP contribution in [0.5, 0.6) is 0 Å². The fourth-order valence-electron chi connectivity index (χ4n) is 1.87. The van der Waals surface area contributed by atoms with Gasteiger partial charge in [-0.05, 0) is 30.7 Å². The van der Waals surface area contributed by atoms with Crippen LogP contribution >= 0.6 is 0 Å². The number of halogens is 3. The number of carbonyl (C=O) groups excluding carboxylic acids is 1. The highest BCUT2D eigenvalue weighted by Crippen LogP contribution is 2.17. The van der Waals surface area contributed by atoms with Gasteiger partial charge in [-0.25, -0.2) is 13.2 Å². The van der Waals surface area contributed by atoms with E-state index in [1.165, 1.54) is 0 Å². The molecule has 110 valence electrons. The number of rotatable bonds is 4.